The van der Waals surface area contributed by atoms with E-state index in [1.807, 2.05) is 43.3 Å². The lowest BCUT2D eigenvalue weighted by molar-refractivity contribution is -0.113. The second-order valence-corrected chi connectivity index (χ2v) is 9.48. The van der Waals surface area contributed by atoms with Crippen LogP contribution in [0.2, 0.25) is 0 Å². The van der Waals surface area contributed by atoms with Crippen LogP contribution < -0.4 is 20.1 Å². The fourth-order valence-electron chi connectivity index (χ4n) is 4.28. The molecule has 1 amide bonds. The van der Waals surface area contributed by atoms with Gasteiger partial charge in [-0.3, -0.25) is 4.79 Å². The van der Waals surface area contributed by atoms with Crippen molar-refractivity contribution >= 4 is 29.3 Å². The van der Waals surface area contributed by atoms with Crippen LogP contribution in [0.15, 0.2) is 89.2 Å². The van der Waals surface area contributed by atoms with Gasteiger partial charge in [-0.25, -0.2) is 9.07 Å². The highest BCUT2D eigenvalue weighted by Gasteiger charge is 2.34. The van der Waals surface area contributed by atoms with Gasteiger partial charge in [-0.05, 0) is 48.4 Å². The quantitative estimate of drug-likeness (QED) is 0.284. The summed E-state index contributed by atoms with van der Waals surface area (Å²) in [5.41, 5.74) is 3.07. The number of para-hydroxylation sites is 2. The molecule has 1 aliphatic heterocycles. The van der Waals surface area contributed by atoms with Crippen LogP contribution in [0.4, 0.5) is 16.0 Å². The van der Waals surface area contributed by atoms with Gasteiger partial charge in [0.2, 0.25) is 11.1 Å². The van der Waals surface area contributed by atoms with E-state index in [9.17, 15) is 9.18 Å². The second kappa shape index (κ2) is 11.0. The van der Waals surface area contributed by atoms with Gasteiger partial charge < -0.3 is 20.1 Å². The van der Waals surface area contributed by atoms with Crippen molar-refractivity contribution in [2.75, 3.05) is 24.9 Å². The van der Waals surface area contributed by atoms with Crippen LogP contribution in [0.3, 0.4) is 0 Å². The molecular formula is C28H26FN5O3S. The maximum Gasteiger partial charge on any atom is 0.255 e. The molecule has 5 rings (SSSR count). The zero-order chi connectivity index (χ0) is 26.6. The van der Waals surface area contributed by atoms with Gasteiger partial charge in [0.25, 0.3) is 5.91 Å². The molecule has 194 valence electrons. The molecule has 2 N–H and O–H groups in total. The molecule has 1 unspecified atom stereocenters. The minimum Gasteiger partial charge on any atom is -0.497 e. The minimum atomic E-state index is -0.567. The van der Waals surface area contributed by atoms with E-state index < -0.39 is 6.04 Å². The number of halogens is 1. The van der Waals surface area contributed by atoms with E-state index in [2.05, 4.69) is 15.6 Å². The standard InChI is InChI=1S/C28H26FN5O3S/c1-17-24(26(35)31-22-10-6-7-11-23(22)37-3)25(18-12-14-20(36-2)15-13-18)34-27(30-17)32-28(33-34)38-16-19-8-4-5-9-21(19)29/h4-15,25H,16H2,1-3H3,(H,31,35)(H,30,32,33). The summed E-state index contributed by atoms with van der Waals surface area (Å²) < 4.78 is 26.6. The van der Waals surface area contributed by atoms with Crippen molar-refractivity contribution in [2.24, 2.45) is 0 Å². The molecule has 10 heteroatoms. The van der Waals surface area contributed by atoms with Crippen LogP contribution in [0.25, 0.3) is 0 Å². The van der Waals surface area contributed by atoms with Crippen molar-refractivity contribution in [1.82, 2.24) is 14.8 Å². The topological polar surface area (TPSA) is 90.3 Å². The van der Waals surface area contributed by atoms with Crippen LogP contribution >= 0.6 is 11.8 Å². The molecule has 1 aliphatic rings. The number of nitrogens with zero attached hydrogens (tertiary/aromatic N) is 3. The molecule has 0 spiro atoms. The molecule has 38 heavy (non-hydrogen) atoms. The maximum atomic E-state index is 14.1. The third-order valence-electron chi connectivity index (χ3n) is 6.18. The van der Waals surface area contributed by atoms with Crippen molar-refractivity contribution in [2.45, 2.75) is 23.9 Å². The first-order valence-electron chi connectivity index (χ1n) is 11.9. The maximum absolute atomic E-state index is 14.1. The summed E-state index contributed by atoms with van der Waals surface area (Å²) in [6.45, 7) is 1.83. The highest BCUT2D eigenvalue weighted by Crippen LogP contribution is 2.38. The fourth-order valence-corrected chi connectivity index (χ4v) is 5.09. The van der Waals surface area contributed by atoms with Crippen LogP contribution in [-0.2, 0) is 10.5 Å². The molecule has 0 saturated heterocycles. The monoisotopic (exact) mass is 531 g/mol. The number of thioether (sulfide) groups is 1. The predicted octanol–water partition coefficient (Wildman–Crippen LogP) is 5.65. The lowest BCUT2D eigenvalue weighted by Crippen LogP contribution is -2.31. The Kier molecular flexibility index (Phi) is 7.32. The Balaban J connectivity index is 1.50. The number of allylic oxidation sites excluding steroid dienone is 1. The number of aromatic nitrogens is 3. The first-order valence-corrected chi connectivity index (χ1v) is 12.9. The summed E-state index contributed by atoms with van der Waals surface area (Å²) in [6.07, 6.45) is 0. The molecule has 0 saturated carbocycles. The first kappa shape index (κ1) is 25.3. The van der Waals surface area contributed by atoms with Gasteiger partial charge >= 0.3 is 0 Å². The molecule has 0 bridgehead atoms. The van der Waals surface area contributed by atoms with Gasteiger partial charge in [0.15, 0.2) is 0 Å². The molecular weight excluding hydrogens is 505 g/mol. The second-order valence-electron chi connectivity index (χ2n) is 8.54. The van der Waals surface area contributed by atoms with Crippen molar-refractivity contribution in [3.63, 3.8) is 0 Å². The Hall–Kier alpha value is -4.31. The van der Waals surface area contributed by atoms with Crippen molar-refractivity contribution in [3.05, 3.63) is 101 Å². The molecule has 3 aromatic carbocycles. The zero-order valence-electron chi connectivity index (χ0n) is 21.1. The normalized spacial score (nSPS) is 14.5. The number of anilines is 2. The SMILES string of the molecule is COc1ccc(C2C(C(=O)Nc3ccccc3OC)=C(C)Nc3nc(SCc4ccccc4F)nn32)cc1. The Morgan fingerprint density at radius 3 is 2.53 bits per heavy atom. The number of fused-ring (bicyclic) bond motifs is 1. The largest absolute Gasteiger partial charge is 0.497 e. The van der Waals surface area contributed by atoms with E-state index in [1.54, 1.807) is 49.2 Å². The van der Waals surface area contributed by atoms with E-state index in [1.165, 1.54) is 17.8 Å². The van der Waals surface area contributed by atoms with Gasteiger partial charge in [-0.1, -0.05) is 54.2 Å². The van der Waals surface area contributed by atoms with E-state index in [0.29, 0.717) is 50.9 Å². The van der Waals surface area contributed by atoms with Crippen molar-refractivity contribution in [3.8, 4) is 11.5 Å². The van der Waals surface area contributed by atoms with Gasteiger partial charge in [-0.15, -0.1) is 5.10 Å². The van der Waals surface area contributed by atoms with E-state index >= 15 is 0 Å². The average Bonchev–Trinajstić information content (AvgIpc) is 3.34. The Bertz CT molecular complexity index is 1500. The number of ether oxygens (including phenoxy) is 2. The number of amides is 1. The number of methoxy groups -OCH3 is 2. The number of nitrogens with one attached hydrogen (secondary N) is 2. The minimum absolute atomic E-state index is 0.272. The van der Waals surface area contributed by atoms with Gasteiger partial charge in [0.05, 0.1) is 25.5 Å². The average molecular weight is 532 g/mol. The molecule has 0 aliphatic carbocycles. The molecule has 2 heterocycles. The lowest BCUT2D eigenvalue weighted by atomic mass is 9.95. The molecule has 4 aromatic rings. The Morgan fingerprint density at radius 1 is 1.05 bits per heavy atom. The molecule has 1 aromatic heterocycles. The van der Waals surface area contributed by atoms with Gasteiger partial charge in [0, 0.05) is 11.4 Å². The lowest BCUT2D eigenvalue weighted by Gasteiger charge is -2.29. The smallest absolute Gasteiger partial charge is 0.255 e. The number of carbonyl (C=O) groups is 1. The number of hydrogen-bond donors (Lipinski definition) is 2. The van der Waals surface area contributed by atoms with Crippen LogP contribution in [0, 0.1) is 5.82 Å². The summed E-state index contributed by atoms with van der Waals surface area (Å²) in [5.74, 6) is 1.54. The van der Waals surface area contributed by atoms with Crippen LogP contribution in [0.5, 0.6) is 11.5 Å². The predicted molar refractivity (Wildman–Crippen MR) is 145 cm³/mol. The summed E-state index contributed by atoms with van der Waals surface area (Å²) >= 11 is 1.32. The van der Waals surface area contributed by atoms with Gasteiger partial charge in [-0.2, -0.15) is 4.98 Å². The summed E-state index contributed by atoms with van der Waals surface area (Å²) in [6, 6.07) is 20.8. The van der Waals surface area contributed by atoms with Crippen molar-refractivity contribution < 1.29 is 18.7 Å². The molecule has 8 nitrogen and oxygen atoms in total. The van der Waals surface area contributed by atoms with Crippen LogP contribution in [0.1, 0.15) is 24.1 Å². The van der Waals surface area contributed by atoms with E-state index in [-0.39, 0.29) is 11.7 Å². The Labute approximate surface area is 223 Å². The molecule has 0 fully saturated rings. The number of carbonyl (C=O) groups excluding carboxylic acids is 1. The van der Waals surface area contributed by atoms with Crippen LogP contribution in [-0.4, -0.2) is 34.9 Å². The van der Waals surface area contributed by atoms with Gasteiger partial charge in [0.1, 0.15) is 23.4 Å². The number of benzene rings is 3. The third-order valence-corrected chi connectivity index (χ3v) is 7.07. The highest BCUT2D eigenvalue weighted by molar-refractivity contribution is 7.98. The zero-order valence-corrected chi connectivity index (χ0v) is 21.9. The highest BCUT2D eigenvalue weighted by atomic mass is 32.2. The summed E-state index contributed by atoms with van der Waals surface area (Å²) in [4.78, 5) is 18.4. The number of rotatable bonds is 8. The van der Waals surface area contributed by atoms with Crippen molar-refractivity contribution in [1.29, 1.82) is 0 Å². The van der Waals surface area contributed by atoms with E-state index in [0.717, 1.165) is 5.56 Å². The third kappa shape index (κ3) is 5.08. The molecule has 0 radical (unpaired) electrons. The Morgan fingerprint density at radius 2 is 1.79 bits per heavy atom. The number of hydrogen-bond acceptors (Lipinski definition) is 7. The summed E-state index contributed by atoms with van der Waals surface area (Å²) in [5, 5.41) is 11.4. The fraction of sp³-hybridized carbons (Fsp3) is 0.179. The first-order chi connectivity index (χ1) is 18.5. The summed E-state index contributed by atoms with van der Waals surface area (Å²) in [7, 11) is 3.16. The molecule has 1 atom stereocenters. The van der Waals surface area contributed by atoms with E-state index in [4.69, 9.17) is 14.6 Å².